The van der Waals surface area contributed by atoms with Crippen LogP contribution in [-0.2, 0) is 12.6 Å². The van der Waals surface area contributed by atoms with Gasteiger partial charge in [-0.15, -0.1) is 0 Å². The van der Waals surface area contributed by atoms with Crippen molar-refractivity contribution in [2.45, 2.75) is 19.0 Å². The fourth-order valence-electron chi connectivity index (χ4n) is 1.90. The van der Waals surface area contributed by atoms with Gasteiger partial charge in [0.2, 0.25) is 0 Å². The zero-order chi connectivity index (χ0) is 13.3. The van der Waals surface area contributed by atoms with Crippen molar-refractivity contribution in [1.29, 1.82) is 5.26 Å². The lowest BCUT2D eigenvalue weighted by Crippen LogP contribution is -2.08. The Hall–Kier alpha value is -1.48. The van der Waals surface area contributed by atoms with Crippen molar-refractivity contribution >= 4 is 26.8 Å². The summed E-state index contributed by atoms with van der Waals surface area (Å²) < 4.78 is 39.4. The lowest BCUT2D eigenvalue weighted by atomic mass is 10.1. The monoisotopic (exact) mass is 316 g/mol. The molecule has 2 aromatic rings. The van der Waals surface area contributed by atoms with Gasteiger partial charge in [-0.05, 0) is 30.2 Å². The SMILES string of the molecule is N#CCCc1c(C(F)(F)F)[nH]c2ccc(Br)cc12. The van der Waals surface area contributed by atoms with Crippen LogP contribution in [0.4, 0.5) is 13.2 Å². The molecule has 0 bridgehead atoms. The van der Waals surface area contributed by atoms with Gasteiger partial charge in [-0.2, -0.15) is 18.4 Å². The number of aryl methyl sites for hydroxylation is 1. The lowest BCUT2D eigenvalue weighted by Gasteiger charge is -2.06. The Balaban J connectivity index is 2.66. The number of rotatable bonds is 2. The normalized spacial score (nSPS) is 11.7. The van der Waals surface area contributed by atoms with Gasteiger partial charge in [-0.25, -0.2) is 0 Å². The van der Waals surface area contributed by atoms with Crippen LogP contribution < -0.4 is 0 Å². The lowest BCUT2D eigenvalue weighted by molar-refractivity contribution is -0.141. The molecule has 0 fully saturated rings. The maximum absolute atomic E-state index is 12.9. The maximum Gasteiger partial charge on any atom is 0.431 e. The number of hydrogen-bond donors (Lipinski definition) is 1. The molecule has 0 unspecified atom stereocenters. The first-order valence-corrected chi connectivity index (χ1v) is 5.97. The molecule has 0 atom stereocenters. The molecular formula is C12H8BrF3N2. The summed E-state index contributed by atoms with van der Waals surface area (Å²) in [4.78, 5) is 2.39. The van der Waals surface area contributed by atoms with Crippen molar-refractivity contribution in [3.05, 3.63) is 33.9 Å². The van der Waals surface area contributed by atoms with Gasteiger partial charge in [0.05, 0.1) is 6.07 Å². The Morgan fingerprint density at radius 3 is 2.67 bits per heavy atom. The Morgan fingerprint density at radius 1 is 1.33 bits per heavy atom. The molecule has 18 heavy (non-hydrogen) atoms. The van der Waals surface area contributed by atoms with Crippen molar-refractivity contribution in [3.63, 3.8) is 0 Å². The van der Waals surface area contributed by atoms with Crippen LogP contribution in [-0.4, -0.2) is 4.98 Å². The number of fused-ring (bicyclic) bond motifs is 1. The summed E-state index contributed by atoms with van der Waals surface area (Å²) >= 11 is 3.23. The molecule has 1 aromatic heterocycles. The zero-order valence-corrected chi connectivity index (χ0v) is 10.7. The number of hydrogen-bond acceptors (Lipinski definition) is 1. The molecule has 0 spiro atoms. The van der Waals surface area contributed by atoms with E-state index in [0.29, 0.717) is 15.4 Å². The summed E-state index contributed by atoms with van der Waals surface area (Å²) in [5.74, 6) is 0. The van der Waals surface area contributed by atoms with Gasteiger partial charge < -0.3 is 4.98 Å². The van der Waals surface area contributed by atoms with E-state index < -0.39 is 11.9 Å². The highest BCUT2D eigenvalue weighted by atomic mass is 79.9. The first-order valence-electron chi connectivity index (χ1n) is 5.17. The topological polar surface area (TPSA) is 39.6 Å². The summed E-state index contributed by atoms with van der Waals surface area (Å²) in [6, 6.07) is 6.77. The fourth-order valence-corrected chi connectivity index (χ4v) is 2.26. The summed E-state index contributed by atoms with van der Waals surface area (Å²) in [6.45, 7) is 0. The van der Waals surface area contributed by atoms with E-state index in [2.05, 4.69) is 20.9 Å². The minimum atomic E-state index is -4.43. The van der Waals surface area contributed by atoms with E-state index in [1.54, 1.807) is 18.2 Å². The standard InChI is InChI=1S/C12H8BrF3N2/c13-7-3-4-10-9(6-7)8(2-1-5-17)11(18-10)12(14,15)16/h3-4,6,18H,1-2H2. The van der Waals surface area contributed by atoms with Crippen LogP contribution in [0.25, 0.3) is 10.9 Å². The molecule has 1 aromatic carbocycles. The predicted octanol–water partition coefficient (Wildman–Crippen LogP) is 4.41. The maximum atomic E-state index is 12.9. The molecule has 1 heterocycles. The smallest absolute Gasteiger partial charge is 0.351 e. The van der Waals surface area contributed by atoms with Crippen molar-refractivity contribution in [1.82, 2.24) is 4.98 Å². The van der Waals surface area contributed by atoms with Crippen molar-refractivity contribution in [3.8, 4) is 6.07 Å². The van der Waals surface area contributed by atoms with Gasteiger partial charge >= 0.3 is 6.18 Å². The van der Waals surface area contributed by atoms with E-state index in [-0.39, 0.29) is 18.4 Å². The molecule has 0 amide bonds. The number of aromatic amines is 1. The number of halogens is 4. The summed E-state index contributed by atoms with van der Waals surface area (Å²) in [6.07, 6.45) is -4.29. The van der Waals surface area contributed by atoms with Gasteiger partial charge in [0.25, 0.3) is 0 Å². The molecule has 0 aliphatic heterocycles. The van der Waals surface area contributed by atoms with E-state index >= 15 is 0 Å². The average Bonchev–Trinajstić information content (AvgIpc) is 2.64. The van der Waals surface area contributed by atoms with Crippen molar-refractivity contribution in [2.24, 2.45) is 0 Å². The van der Waals surface area contributed by atoms with Gasteiger partial charge in [-0.1, -0.05) is 15.9 Å². The van der Waals surface area contributed by atoms with E-state index in [0.717, 1.165) is 0 Å². The predicted molar refractivity (Wildman–Crippen MR) is 64.9 cm³/mol. The molecule has 6 heteroatoms. The second-order valence-corrected chi connectivity index (χ2v) is 4.74. The Kier molecular flexibility index (Phi) is 3.35. The molecule has 0 saturated heterocycles. The first kappa shape index (κ1) is 13.0. The highest BCUT2D eigenvalue weighted by molar-refractivity contribution is 9.10. The van der Waals surface area contributed by atoms with Crippen molar-refractivity contribution < 1.29 is 13.2 Å². The van der Waals surface area contributed by atoms with Gasteiger partial charge in [-0.3, -0.25) is 0 Å². The third-order valence-electron chi connectivity index (χ3n) is 2.64. The summed E-state index contributed by atoms with van der Waals surface area (Å²) in [5, 5.41) is 9.04. The number of aromatic nitrogens is 1. The fraction of sp³-hybridized carbons (Fsp3) is 0.250. The van der Waals surface area contributed by atoms with E-state index in [1.807, 2.05) is 6.07 Å². The van der Waals surface area contributed by atoms with Crippen LogP contribution in [0, 0.1) is 11.3 Å². The Morgan fingerprint density at radius 2 is 2.06 bits per heavy atom. The van der Waals surface area contributed by atoms with E-state index in [9.17, 15) is 13.2 Å². The highest BCUT2D eigenvalue weighted by Crippen LogP contribution is 2.36. The largest absolute Gasteiger partial charge is 0.431 e. The van der Waals surface area contributed by atoms with Gasteiger partial charge in [0.15, 0.2) is 0 Å². The number of alkyl halides is 3. The quantitative estimate of drug-likeness (QED) is 0.876. The Bertz CT molecular complexity index is 623. The van der Waals surface area contributed by atoms with E-state index in [4.69, 9.17) is 5.26 Å². The number of H-pyrrole nitrogens is 1. The second kappa shape index (κ2) is 4.65. The zero-order valence-electron chi connectivity index (χ0n) is 9.11. The molecule has 94 valence electrons. The minimum absolute atomic E-state index is 0.0581. The Labute approximate surface area is 110 Å². The average molecular weight is 317 g/mol. The number of nitrogens with one attached hydrogen (secondary N) is 1. The number of nitrogens with zero attached hydrogens (tertiary/aromatic N) is 1. The van der Waals surface area contributed by atoms with Crippen LogP contribution in [0.3, 0.4) is 0 Å². The number of benzene rings is 1. The van der Waals surface area contributed by atoms with Gasteiger partial charge in [0, 0.05) is 21.8 Å². The summed E-state index contributed by atoms with van der Waals surface area (Å²) in [7, 11) is 0. The first-order chi connectivity index (χ1) is 8.43. The molecule has 2 nitrogen and oxygen atoms in total. The van der Waals surface area contributed by atoms with E-state index in [1.165, 1.54) is 0 Å². The van der Waals surface area contributed by atoms with Crippen molar-refractivity contribution in [2.75, 3.05) is 0 Å². The third-order valence-corrected chi connectivity index (χ3v) is 3.13. The molecule has 0 saturated carbocycles. The molecule has 0 aliphatic carbocycles. The second-order valence-electron chi connectivity index (χ2n) is 3.82. The minimum Gasteiger partial charge on any atom is -0.351 e. The molecule has 0 aliphatic rings. The van der Waals surface area contributed by atoms with Crippen LogP contribution in [0.1, 0.15) is 17.7 Å². The van der Waals surface area contributed by atoms with Crippen LogP contribution in [0.15, 0.2) is 22.7 Å². The van der Waals surface area contributed by atoms with Crippen LogP contribution in [0.5, 0.6) is 0 Å². The van der Waals surface area contributed by atoms with Crippen LogP contribution in [0.2, 0.25) is 0 Å². The number of nitriles is 1. The van der Waals surface area contributed by atoms with Gasteiger partial charge in [0.1, 0.15) is 5.69 Å². The summed E-state index contributed by atoms with van der Waals surface area (Å²) in [5.41, 5.74) is -0.176. The van der Waals surface area contributed by atoms with Crippen LogP contribution >= 0.6 is 15.9 Å². The molecular weight excluding hydrogens is 309 g/mol. The highest BCUT2D eigenvalue weighted by Gasteiger charge is 2.36. The molecule has 2 rings (SSSR count). The third kappa shape index (κ3) is 2.36. The molecule has 0 radical (unpaired) electrons. The molecule has 1 N–H and O–H groups in total.